The lowest BCUT2D eigenvalue weighted by Gasteiger charge is -2.19. The Labute approximate surface area is 96.8 Å². The highest BCUT2D eigenvalue weighted by molar-refractivity contribution is 5.87. The quantitative estimate of drug-likeness (QED) is 0.720. The number of nitrogens with zero attached hydrogens (tertiary/aromatic N) is 1. The van der Waals surface area contributed by atoms with Crippen molar-refractivity contribution in [3.63, 3.8) is 0 Å². The molecular weight excluding hydrogens is 202 g/mol. The van der Waals surface area contributed by atoms with E-state index in [1.54, 1.807) is 12.3 Å². The molecular formula is C13H19NO2. The van der Waals surface area contributed by atoms with Crippen LogP contribution in [0.3, 0.4) is 0 Å². The molecule has 0 saturated heterocycles. The lowest BCUT2D eigenvalue weighted by molar-refractivity contribution is 0.00628. The molecule has 0 amide bonds. The van der Waals surface area contributed by atoms with Crippen LogP contribution < -0.4 is 0 Å². The van der Waals surface area contributed by atoms with E-state index in [2.05, 4.69) is 18.8 Å². The van der Waals surface area contributed by atoms with Crippen LogP contribution in [0.15, 0.2) is 18.3 Å². The minimum Gasteiger partial charge on any atom is -0.455 e. The number of carbonyl (C=O) groups excluding carboxylic acids is 1. The number of esters is 1. The van der Waals surface area contributed by atoms with Gasteiger partial charge in [0.15, 0.2) is 0 Å². The minimum atomic E-state index is -0.477. The first-order valence-electron chi connectivity index (χ1n) is 5.49. The predicted molar refractivity (Wildman–Crippen MR) is 63.5 cm³/mol. The van der Waals surface area contributed by atoms with Gasteiger partial charge in [-0.25, -0.2) is 9.78 Å². The molecule has 0 unspecified atom stereocenters. The Morgan fingerprint density at radius 3 is 2.31 bits per heavy atom. The van der Waals surface area contributed by atoms with Crippen molar-refractivity contribution in [2.75, 3.05) is 0 Å². The predicted octanol–water partition coefficient (Wildman–Crippen LogP) is 3.16. The molecule has 0 aliphatic carbocycles. The molecule has 16 heavy (non-hydrogen) atoms. The van der Waals surface area contributed by atoms with E-state index in [1.807, 2.05) is 26.8 Å². The Hall–Kier alpha value is -1.38. The molecule has 0 fully saturated rings. The molecule has 1 aromatic rings. The third-order valence-electron chi connectivity index (χ3n) is 2.06. The van der Waals surface area contributed by atoms with Crippen molar-refractivity contribution in [1.82, 2.24) is 4.98 Å². The number of aromatic nitrogens is 1. The van der Waals surface area contributed by atoms with Gasteiger partial charge in [0.05, 0.1) is 0 Å². The van der Waals surface area contributed by atoms with Gasteiger partial charge in [0, 0.05) is 6.20 Å². The molecule has 1 heterocycles. The van der Waals surface area contributed by atoms with E-state index >= 15 is 0 Å². The number of hydrogen-bond acceptors (Lipinski definition) is 3. The summed E-state index contributed by atoms with van der Waals surface area (Å²) in [6.07, 6.45) is 1.73. The van der Waals surface area contributed by atoms with E-state index < -0.39 is 5.60 Å². The van der Waals surface area contributed by atoms with Crippen molar-refractivity contribution in [2.24, 2.45) is 0 Å². The summed E-state index contributed by atoms with van der Waals surface area (Å²) in [5.41, 5.74) is 1.00. The Balaban J connectivity index is 2.78. The van der Waals surface area contributed by atoms with Crippen LogP contribution in [0.5, 0.6) is 0 Å². The van der Waals surface area contributed by atoms with Gasteiger partial charge >= 0.3 is 5.97 Å². The second kappa shape index (κ2) is 4.64. The standard InChI is InChI=1S/C13H19NO2/c1-9(2)10-6-7-11(14-8-10)12(15)16-13(3,4)5/h6-9H,1-5H3. The van der Waals surface area contributed by atoms with Gasteiger partial charge in [0.1, 0.15) is 11.3 Å². The largest absolute Gasteiger partial charge is 0.455 e. The summed E-state index contributed by atoms with van der Waals surface area (Å²) in [6.45, 7) is 9.70. The van der Waals surface area contributed by atoms with E-state index in [9.17, 15) is 4.79 Å². The number of ether oxygens (including phenoxy) is 1. The fraction of sp³-hybridized carbons (Fsp3) is 0.538. The lowest BCUT2D eigenvalue weighted by atomic mass is 10.1. The molecule has 0 N–H and O–H groups in total. The average Bonchev–Trinajstić information content (AvgIpc) is 2.15. The molecule has 0 atom stereocenters. The van der Waals surface area contributed by atoms with E-state index in [4.69, 9.17) is 4.74 Å². The summed E-state index contributed by atoms with van der Waals surface area (Å²) in [7, 11) is 0. The molecule has 3 heteroatoms. The van der Waals surface area contributed by atoms with Crippen molar-refractivity contribution >= 4 is 5.97 Å². The van der Waals surface area contributed by atoms with Crippen LogP contribution in [0.25, 0.3) is 0 Å². The summed E-state index contributed by atoms with van der Waals surface area (Å²) < 4.78 is 5.22. The zero-order chi connectivity index (χ0) is 12.3. The average molecular weight is 221 g/mol. The topological polar surface area (TPSA) is 39.2 Å². The number of hydrogen-bond donors (Lipinski definition) is 0. The van der Waals surface area contributed by atoms with Crippen molar-refractivity contribution in [3.8, 4) is 0 Å². The Bertz CT molecular complexity index is 361. The van der Waals surface area contributed by atoms with Crippen LogP contribution in [0.2, 0.25) is 0 Å². The second-order valence-electron chi connectivity index (χ2n) is 5.13. The maximum absolute atomic E-state index is 11.7. The zero-order valence-corrected chi connectivity index (χ0v) is 10.6. The van der Waals surface area contributed by atoms with E-state index in [0.717, 1.165) is 5.56 Å². The maximum atomic E-state index is 11.7. The van der Waals surface area contributed by atoms with Crippen LogP contribution in [0.1, 0.15) is 56.6 Å². The molecule has 0 aliphatic rings. The first-order chi connectivity index (χ1) is 7.29. The fourth-order valence-corrected chi connectivity index (χ4v) is 1.20. The molecule has 88 valence electrons. The first-order valence-corrected chi connectivity index (χ1v) is 5.49. The molecule has 1 rings (SSSR count). The van der Waals surface area contributed by atoms with Gasteiger partial charge in [-0.15, -0.1) is 0 Å². The molecule has 1 aromatic heterocycles. The van der Waals surface area contributed by atoms with Crippen molar-refractivity contribution in [2.45, 2.75) is 46.1 Å². The summed E-state index contributed by atoms with van der Waals surface area (Å²) in [6, 6.07) is 3.63. The van der Waals surface area contributed by atoms with Crippen molar-refractivity contribution in [3.05, 3.63) is 29.6 Å². The molecule has 0 saturated carbocycles. The summed E-state index contributed by atoms with van der Waals surface area (Å²) >= 11 is 0. The van der Waals surface area contributed by atoms with Crippen LogP contribution in [0, 0.1) is 0 Å². The number of carbonyl (C=O) groups is 1. The van der Waals surface area contributed by atoms with Crippen LogP contribution in [-0.4, -0.2) is 16.6 Å². The van der Waals surface area contributed by atoms with E-state index in [-0.39, 0.29) is 5.97 Å². The molecule has 0 bridgehead atoms. The molecule has 0 aliphatic heterocycles. The normalized spacial score (nSPS) is 11.6. The van der Waals surface area contributed by atoms with Gasteiger partial charge in [-0.2, -0.15) is 0 Å². The Morgan fingerprint density at radius 1 is 1.31 bits per heavy atom. The van der Waals surface area contributed by atoms with Gasteiger partial charge in [-0.3, -0.25) is 0 Å². The highest BCUT2D eigenvalue weighted by atomic mass is 16.6. The van der Waals surface area contributed by atoms with Crippen molar-refractivity contribution in [1.29, 1.82) is 0 Å². The van der Waals surface area contributed by atoms with Crippen molar-refractivity contribution < 1.29 is 9.53 Å². The highest BCUT2D eigenvalue weighted by Gasteiger charge is 2.18. The van der Waals surface area contributed by atoms with Crippen LogP contribution in [-0.2, 0) is 4.74 Å². The minimum absolute atomic E-state index is 0.360. The third-order valence-corrected chi connectivity index (χ3v) is 2.06. The number of pyridine rings is 1. The second-order valence-corrected chi connectivity index (χ2v) is 5.13. The van der Waals surface area contributed by atoms with Crippen LogP contribution >= 0.6 is 0 Å². The smallest absolute Gasteiger partial charge is 0.357 e. The van der Waals surface area contributed by atoms with Crippen LogP contribution in [0.4, 0.5) is 0 Å². The summed E-state index contributed by atoms with van der Waals surface area (Å²) in [4.78, 5) is 15.8. The fourth-order valence-electron chi connectivity index (χ4n) is 1.20. The van der Waals surface area contributed by atoms with Gasteiger partial charge in [-0.1, -0.05) is 19.9 Å². The molecule has 0 aromatic carbocycles. The summed E-state index contributed by atoms with van der Waals surface area (Å²) in [5.74, 6) is 0.0444. The lowest BCUT2D eigenvalue weighted by Crippen LogP contribution is -2.24. The SMILES string of the molecule is CC(C)c1ccc(C(=O)OC(C)(C)C)nc1. The Kier molecular flexibility index (Phi) is 3.68. The Morgan fingerprint density at radius 2 is 1.94 bits per heavy atom. The molecule has 0 spiro atoms. The third kappa shape index (κ3) is 3.65. The maximum Gasteiger partial charge on any atom is 0.357 e. The van der Waals surface area contributed by atoms with Gasteiger partial charge in [0.2, 0.25) is 0 Å². The zero-order valence-electron chi connectivity index (χ0n) is 10.6. The van der Waals surface area contributed by atoms with Gasteiger partial charge in [0.25, 0.3) is 0 Å². The van der Waals surface area contributed by atoms with Gasteiger partial charge in [-0.05, 0) is 38.3 Å². The molecule has 3 nitrogen and oxygen atoms in total. The van der Waals surface area contributed by atoms with E-state index in [1.165, 1.54) is 0 Å². The monoisotopic (exact) mass is 221 g/mol. The van der Waals surface area contributed by atoms with Gasteiger partial charge < -0.3 is 4.74 Å². The highest BCUT2D eigenvalue weighted by Crippen LogP contribution is 2.15. The first kappa shape index (κ1) is 12.7. The van der Waals surface area contributed by atoms with E-state index in [0.29, 0.717) is 11.6 Å². The molecule has 0 radical (unpaired) electrons. The number of rotatable bonds is 2. The summed E-state index contributed by atoms with van der Waals surface area (Å²) in [5, 5.41) is 0.